The Morgan fingerprint density at radius 1 is 0.867 bits per heavy atom. The molecule has 0 saturated carbocycles. The van der Waals surface area contributed by atoms with Crippen molar-refractivity contribution < 1.29 is 14.3 Å². The minimum absolute atomic E-state index is 0.134. The van der Waals surface area contributed by atoms with Crippen LogP contribution in [0.1, 0.15) is 5.56 Å². The van der Waals surface area contributed by atoms with E-state index in [1.807, 2.05) is 84.9 Å². The monoisotopic (exact) mass is 416 g/mol. The lowest BCUT2D eigenvalue weighted by Crippen LogP contribution is -2.28. The van der Waals surface area contributed by atoms with Crippen LogP contribution >= 0.6 is 11.8 Å². The third kappa shape index (κ3) is 3.95. The van der Waals surface area contributed by atoms with Crippen LogP contribution in [0.4, 0.5) is 11.4 Å². The molecule has 6 heteroatoms. The number of anilines is 1. The van der Waals surface area contributed by atoms with Crippen molar-refractivity contribution in [2.24, 2.45) is 4.99 Å². The van der Waals surface area contributed by atoms with Gasteiger partial charge in [-0.2, -0.15) is 0 Å². The van der Waals surface area contributed by atoms with Crippen LogP contribution in [0.2, 0.25) is 0 Å². The number of carbonyl (C=O) groups is 1. The van der Waals surface area contributed by atoms with E-state index < -0.39 is 0 Å². The van der Waals surface area contributed by atoms with Gasteiger partial charge in [0, 0.05) is 5.56 Å². The largest absolute Gasteiger partial charge is 0.493 e. The van der Waals surface area contributed by atoms with E-state index in [9.17, 15) is 4.79 Å². The Balaban J connectivity index is 1.79. The Morgan fingerprint density at radius 2 is 1.57 bits per heavy atom. The first-order valence-corrected chi connectivity index (χ1v) is 10.2. The van der Waals surface area contributed by atoms with Crippen molar-refractivity contribution in [2.45, 2.75) is 0 Å². The van der Waals surface area contributed by atoms with E-state index in [0.29, 0.717) is 21.6 Å². The summed E-state index contributed by atoms with van der Waals surface area (Å²) in [5.41, 5.74) is 2.32. The van der Waals surface area contributed by atoms with Gasteiger partial charge in [-0.05, 0) is 48.2 Å². The Hall–Kier alpha value is -3.51. The number of ether oxygens (including phenoxy) is 2. The molecule has 1 aliphatic heterocycles. The van der Waals surface area contributed by atoms with Crippen LogP contribution in [0.3, 0.4) is 0 Å². The topological polar surface area (TPSA) is 51.1 Å². The molecule has 1 fully saturated rings. The number of thioether (sulfide) groups is 1. The molecule has 0 unspecified atom stereocenters. The number of para-hydroxylation sites is 3. The molecule has 0 atom stereocenters. The highest BCUT2D eigenvalue weighted by Gasteiger charge is 2.35. The second kappa shape index (κ2) is 8.88. The number of nitrogens with zero attached hydrogens (tertiary/aromatic N) is 2. The Labute approximate surface area is 179 Å². The summed E-state index contributed by atoms with van der Waals surface area (Å²) in [5.74, 6) is 1.06. The lowest BCUT2D eigenvalue weighted by molar-refractivity contribution is -0.113. The molecule has 0 spiro atoms. The van der Waals surface area contributed by atoms with Gasteiger partial charge in [0.1, 0.15) is 0 Å². The number of rotatable bonds is 5. The van der Waals surface area contributed by atoms with Crippen LogP contribution in [-0.4, -0.2) is 25.3 Å². The second-order valence-electron chi connectivity index (χ2n) is 6.40. The van der Waals surface area contributed by atoms with Gasteiger partial charge in [-0.15, -0.1) is 0 Å². The highest BCUT2D eigenvalue weighted by Crippen LogP contribution is 2.39. The second-order valence-corrected chi connectivity index (χ2v) is 7.41. The van der Waals surface area contributed by atoms with Crippen molar-refractivity contribution in [1.29, 1.82) is 0 Å². The zero-order valence-corrected chi connectivity index (χ0v) is 17.4. The third-order valence-corrected chi connectivity index (χ3v) is 5.49. The van der Waals surface area contributed by atoms with Crippen LogP contribution in [0.15, 0.2) is 88.8 Å². The van der Waals surface area contributed by atoms with Crippen molar-refractivity contribution in [3.05, 3.63) is 89.3 Å². The molecule has 3 aromatic rings. The summed E-state index contributed by atoms with van der Waals surface area (Å²) in [7, 11) is 3.17. The van der Waals surface area contributed by atoms with Gasteiger partial charge in [-0.3, -0.25) is 9.69 Å². The fraction of sp³-hybridized carbons (Fsp3) is 0.0833. The number of amides is 1. The van der Waals surface area contributed by atoms with Crippen LogP contribution < -0.4 is 14.4 Å². The van der Waals surface area contributed by atoms with Gasteiger partial charge >= 0.3 is 0 Å². The number of carbonyl (C=O) groups excluding carboxylic acids is 1. The molecular weight excluding hydrogens is 396 g/mol. The van der Waals surface area contributed by atoms with Crippen molar-refractivity contribution in [2.75, 3.05) is 19.1 Å². The summed E-state index contributed by atoms with van der Waals surface area (Å²) < 4.78 is 10.9. The zero-order chi connectivity index (χ0) is 20.9. The van der Waals surface area contributed by atoms with Crippen LogP contribution in [-0.2, 0) is 4.79 Å². The van der Waals surface area contributed by atoms with E-state index in [0.717, 1.165) is 16.9 Å². The highest BCUT2D eigenvalue weighted by atomic mass is 32.2. The molecule has 1 amide bonds. The molecule has 30 heavy (non-hydrogen) atoms. The van der Waals surface area contributed by atoms with E-state index in [1.54, 1.807) is 19.1 Å². The highest BCUT2D eigenvalue weighted by molar-refractivity contribution is 8.19. The van der Waals surface area contributed by atoms with E-state index in [-0.39, 0.29) is 5.91 Å². The maximum absolute atomic E-state index is 13.3. The quantitative estimate of drug-likeness (QED) is 0.515. The molecule has 0 aromatic heterocycles. The van der Waals surface area contributed by atoms with E-state index in [2.05, 4.69) is 0 Å². The smallest absolute Gasteiger partial charge is 0.271 e. The normalized spacial score (nSPS) is 16.3. The molecule has 0 radical (unpaired) electrons. The number of aliphatic imine (C=N–C) groups is 1. The number of benzene rings is 3. The predicted molar refractivity (Wildman–Crippen MR) is 123 cm³/mol. The van der Waals surface area contributed by atoms with Gasteiger partial charge in [0.15, 0.2) is 16.7 Å². The molecule has 0 aliphatic carbocycles. The Morgan fingerprint density at radius 3 is 2.23 bits per heavy atom. The van der Waals surface area contributed by atoms with Gasteiger partial charge in [0.25, 0.3) is 5.91 Å². The van der Waals surface area contributed by atoms with Gasteiger partial charge in [0.05, 0.1) is 30.5 Å². The molecule has 5 nitrogen and oxygen atoms in total. The summed E-state index contributed by atoms with van der Waals surface area (Å²) in [6.07, 6.45) is 1.82. The maximum atomic E-state index is 13.3. The van der Waals surface area contributed by atoms with E-state index in [1.165, 1.54) is 11.8 Å². The van der Waals surface area contributed by atoms with Crippen molar-refractivity contribution >= 4 is 40.3 Å². The lowest BCUT2D eigenvalue weighted by atomic mass is 10.1. The summed E-state index contributed by atoms with van der Waals surface area (Å²) in [6.45, 7) is 0. The fourth-order valence-electron chi connectivity index (χ4n) is 3.13. The lowest BCUT2D eigenvalue weighted by Gasteiger charge is -2.15. The third-order valence-electron chi connectivity index (χ3n) is 4.52. The van der Waals surface area contributed by atoms with Gasteiger partial charge in [-0.25, -0.2) is 4.99 Å². The number of amidine groups is 1. The standard InChI is InChI=1S/C24H20N2O3S/c1-28-20-15-9-10-17(22(20)29-2)16-21-23(27)26(19-13-7-4-8-14-19)24(30-21)25-18-11-5-3-6-12-18/h3-16H,1-2H3/b21-16+,25-24?. The molecule has 1 aliphatic rings. The molecule has 150 valence electrons. The summed E-state index contributed by atoms with van der Waals surface area (Å²) in [5, 5.41) is 0.602. The molecule has 0 N–H and O–H groups in total. The SMILES string of the molecule is COc1cccc(/C=C2/SC(=Nc3ccccc3)N(c3ccccc3)C2=O)c1OC. The molecule has 1 saturated heterocycles. The molecule has 4 rings (SSSR count). The maximum Gasteiger partial charge on any atom is 0.271 e. The summed E-state index contributed by atoms with van der Waals surface area (Å²) in [6, 6.07) is 24.7. The Kier molecular flexibility index (Phi) is 5.86. The van der Waals surface area contributed by atoms with Gasteiger partial charge < -0.3 is 9.47 Å². The minimum atomic E-state index is -0.134. The van der Waals surface area contributed by atoms with Crippen molar-refractivity contribution in [1.82, 2.24) is 0 Å². The molecule has 1 heterocycles. The average molecular weight is 417 g/mol. The number of methoxy groups -OCH3 is 2. The van der Waals surface area contributed by atoms with Crippen LogP contribution in [0.5, 0.6) is 11.5 Å². The van der Waals surface area contributed by atoms with Crippen molar-refractivity contribution in [3.63, 3.8) is 0 Å². The van der Waals surface area contributed by atoms with Crippen molar-refractivity contribution in [3.8, 4) is 11.5 Å². The molecule has 3 aromatic carbocycles. The average Bonchev–Trinajstić information content (AvgIpc) is 3.09. The minimum Gasteiger partial charge on any atom is -0.493 e. The molecule has 0 bridgehead atoms. The van der Waals surface area contributed by atoms with E-state index in [4.69, 9.17) is 14.5 Å². The number of hydrogen-bond acceptors (Lipinski definition) is 5. The zero-order valence-electron chi connectivity index (χ0n) is 16.6. The summed E-state index contributed by atoms with van der Waals surface area (Å²) in [4.78, 5) is 20.3. The fourth-order valence-corrected chi connectivity index (χ4v) is 4.13. The summed E-state index contributed by atoms with van der Waals surface area (Å²) >= 11 is 1.34. The van der Waals surface area contributed by atoms with Crippen LogP contribution in [0.25, 0.3) is 6.08 Å². The first-order valence-electron chi connectivity index (χ1n) is 9.35. The van der Waals surface area contributed by atoms with Gasteiger partial charge in [0.2, 0.25) is 0 Å². The van der Waals surface area contributed by atoms with E-state index >= 15 is 0 Å². The first kappa shape index (κ1) is 19.8. The molecular formula is C24H20N2O3S. The van der Waals surface area contributed by atoms with Gasteiger partial charge in [-0.1, -0.05) is 48.5 Å². The first-order chi connectivity index (χ1) is 14.7. The number of hydrogen-bond donors (Lipinski definition) is 0. The Bertz CT molecular complexity index is 1110. The van der Waals surface area contributed by atoms with Crippen LogP contribution in [0, 0.1) is 0 Å². The predicted octanol–water partition coefficient (Wildman–Crippen LogP) is 5.51.